The summed E-state index contributed by atoms with van der Waals surface area (Å²) in [6.07, 6.45) is 1.85. The molecule has 1 aliphatic heterocycles. The minimum atomic E-state index is -0.0691. The molecule has 0 amide bonds. The number of benzene rings is 2. The van der Waals surface area contributed by atoms with Gasteiger partial charge in [-0.05, 0) is 111 Å². The molecule has 36 heavy (non-hydrogen) atoms. The first-order valence-corrected chi connectivity index (χ1v) is 12.7. The van der Waals surface area contributed by atoms with Crippen LogP contribution >= 0.6 is 12.2 Å². The van der Waals surface area contributed by atoms with Crippen LogP contribution in [-0.2, 0) is 0 Å². The number of nitrogens with one attached hydrogen (secondary N) is 1. The first kappa shape index (κ1) is 24.1. The molecule has 3 heterocycles. The van der Waals surface area contributed by atoms with Gasteiger partial charge in [0.05, 0.1) is 17.8 Å². The molecule has 2 aromatic carbocycles. The fourth-order valence-electron chi connectivity index (χ4n) is 5.42. The van der Waals surface area contributed by atoms with E-state index in [-0.39, 0.29) is 12.1 Å². The second-order valence-corrected chi connectivity index (χ2v) is 10.3. The average Bonchev–Trinajstić information content (AvgIpc) is 3.34. The minimum absolute atomic E-state index is 0.0385. The minimum Gasteiger partial charge on any atom is -0.378 e. The Hall–Kier alpha value is -3.64. The van der Waals surface area contributed by atoms with E-state index in [1.165, 1.54) is 33.8 Å². The van der Waals surface area contributed by atoms with Crippen molar-refractivity contribution in [1.82, 2.24) is 14.9 Å². The Bertz CT molecular complexity index is 1390. The highest BCUT2D eigenvalue weighted by molar-refractivity contribution is 7.80. The molecule has 184 valence electrons. The summed E-state index contributed by atoms with van der Waals surface area (Å²) in [5.41, 5.74) is 10.6. The lowest BCUT2D eigenvalue weighted by Crippen LogP contribution is -2.29. The summed E-state index contributed by atoms with van der Waals surface area (Å²) < 4.78 is 2.36. The van der Waals surface area contributed by atoms with Crippen LogP contribution in [0.1, 0.15) is 45.9 Å². The lowest BCUT2D eigenvalue weighted by molar-refractivity contribution is 0.565. The van der Waals surface area contributed by atoms with Crippen LogP contribution in [0.25, 0.3) is 5.69 Å². The molecule has 2 aromatic heterocycles. The van der Waals surface area contributed by atoms with E-state index >= 15 is 0 Å². The van der Waals surface area contributed by atoms with Crippen molar-refractivity contribution < 1.29 is 0 Å². The van der Waals surface area contributed by atoms with E-state index in [1.807, 2.05) is 18.3 Å². The van der Waals surface area contributed by atoms with E-state index in [9.17, 15) is 0 Å². The highest BCUT2D eigenvalue weighted by atomic mass is 32.1. The number of aromatic nitrogens is 2. The van der Waals surface area contributed by atoms with Gasteiger partial charge in [0.15, 0.2) is 5.11 Å². The van der Waals surface area contributed by atoms with Crippen LogP contribution in [0.2, 0.25) is 0 Å². The maximum absolute atomic E-state index is 5.94. The van der Waals surface area contributed by atoms with Gasteiger partial charge >= 0.3 is 0 Å². The Morgan fingerprint density at radius 2 is 1.56 bits per heavy atom. The van der Waals surface area contributed by atoms with Gasteiger partial charge in [0, 0.05) is 48.7 Å². The molecule has 1 N–H and O–H groups in total. The molecule has 6 heteroatoms. The summed E-state index contributed by atoms with van der Waals surface area (Å²) in [6.45, 7) is 8.70. The molecule has 2 atom stereocenters. The second-order valence-electron chi connectivity index (χ2n) is 9.92. The van der Waals surface area contributed by atoms with Crippen molar-refractivity contribution >= 4 is 28.7 Å². The van der Waals surface area contributed by atoms with E-state index < -0.39 is 0 Å². The third-order valence-electron chi connectivity index (χ3n) is 7.00. The molecule has 5 rings (SSSR count). The monoisotopic (exact) mass is 495 g/mol. The van der Waals surface area contributed by atoms with Crippen LogP contribution < -0.4 is 15.1 Å². The van der Waals surface area contributed by atoms with Gasteiger partial charge in [-0.2, -0.15) is 0 Å². The van der Waals surface area contributed by atoms with E-state index in [0.29, 0.717) is 5.11 Å². The highest BCUT2D eigenvalue weighted by Crippen LogP contribution is 2.44. The number of hydrogen-bond acceptors (Lipinski definition) is 3. The van der Waals surface area contributed by atoms with Crippen molar-refractivity contribution in [2.45, 2.75) is 39.8 Å². The molecule has 1 fully saturated rings. The van der Waals surface area contributed by atoms with E-state index in [4.69, 9.17) is 17.2 Å². The number of nitrogens with zero attached hydrogens (tertiary/aromatic N) is 4. The zero-order chi connectivity index (χ0) is 25.6. The SMILES string of the molecule is Cc1cc(C)cc(-n2c(C)cc([C@@H]3[C@H](c4ccccn4)NC(=S)N3c3ccc(N(C)C)cc3)c2C)c1. The van der Waals surface area contributed by atoms with Crippen LogP contribution in [0.15, 0.2) is 72.9 Å². The van der Waals surface area contributed by atoms with Crippen molar-refractivity contribution in [2.24, 2.45) is 0 Å². The van der Waals surface area contributed by atoms with Crippen LogP contribution in [0.3, 0.4) is 0 Å². The van der Waals surface area contributed by atoms with Gasteiger partial charge in [0.2, 0.25) is 0 Å². The molecule has 0 radical (unpaired) electrons. The fraction of sp³-hybridized carbons (Fsp3) is 0.267. The van der Waals surface area contributed by atoms with Crippen LogP contribution in [0.4, 0.5) is 11.4 Å². The maximum Gasteiger partial charge on any atom is 0.174 e. The summed E-state index contributed by atoms with van der Waals surface area (Å²) >= 11 is 5.94. The van der Waals surface area contributed by atoms with Gasteiger partial charge in [0.1, 0.15) is 0 Å². The largest absolute Gasteiger partial charge is 0.378 e. The topological polar surface area (TPSA) is 36.3 Å². The smallest absolute Gasteiger partial charge is 0.174 e. The third-order valence-corrected chi connectivity index (χ3v) is 7.31. The normalized spacial score (nSPS) is 17.4. The maximum atomic E-state index is 5.94. The Morgan fingerprint density at radius 1 is 0.861 bits per heavy atom. The van der Waals surface area contributed by atoms with Gasteiger partial charge in [-0.1, -0.05) is 12.1 Å². The van der Waals surface area contributed by atoms with Gasteiger partial charge in [-0.3, -0.25) is 4.98 Å². The summed E-state index contributed by atoms with van der Waals surface area (Å²) in [5, 5.41) is 4.31. The molecule has 5 nitrogen and oxygen atoms in total. The lowest BCUT2D eigenvalue weighted by atomic mass is 9.96. The van der Waals surface area contributed by atoms with Crippen molar-refractivity contribution in [3.05, 3.63) is 107 Å². The summed E-state index contributed by atoms with van der Waals surface area (Å²) in [4.78, 5) is 9.07. The molecule has 4 aromatic rings. The molecule has 1 aliphatic rings. The second kappa shape index (κ2) is 9.43. The summed E-state index contributed by atoms with van der Waals surface area (Å²) in [5.74, 6) is 0. The van der Waals surface area contributed by atoms with Crippen molar-refractivity contribution in [1.29, 1.82) is 0 Å². The molecule has 0 unspecified atom stereocenters. The zero-order valence-electron chi connectivity index (χ0n) is 21.8. The van der Waals surface area contributed by atoms with Crippen LogP contribution in [-0.4, -0.2) is 28.8 Å². The molecular weight excluding hydrogens is 462 g/mol. The van der Waals surface area contributed by atoms with Gasteiger partial charge in [-0.15, -0.1) is 0 Å². The van der Waals surface area contributed by atoms with Gasteiger partial charge in [-0.25, -0.2) is 0 Å². The van der Waals surface area contributed by atoms with E-state index in [2.05, 4.69) is 116 Å². The van der Waals surface area contributed by atoms with Gasteiger partial charge in [0.25, 0.3) is 0 Å². The molecule has 0 aliphatic carbocycles. The highest BCUT2D eigenvalue weighted by Gasteiger charge is 2.42. The molecule has 0 spiro atoms. The number of anilines is 2. The number of thiocarbonyl (C=S) groups is 1. The van der Waals surface area contributed by atoms with Crippen LogP contribution in [0.5, 0.6) is 0 Å². The predicted octanol–water partition coefficient (Wildman–Crippen LogP) is 6.35. The molecule has 1 saturated heterocycles. The van der Waals surface area contributed by atoms with E-state index in [0.717, 1.165) is 17.1 Å². The Balaban J connectivity index is 1.67. The number of rotatable bonds is 5. The van der Waals surface area contributed by atoms with E-state index in [1.54, 1.807) is 0 Å². The molecular formula is C30H33N5S. The third kappa shape index (κ3) is 4.26. The lowest BCUT2D eigenvalue weighted by Gasteiger charge is -2.28. The quantitative estimate of drug-likeness (QED) is 0.327. The average molecular weight is 496 g/mol. The fourth-order valence-corrected chi connectivity index (χ4v) is 5.77. The van der Waals surface area contributed by atoms with Crippen molar-refractivity contribution in [3.63, 3.8) is 0 Å². The Labute approximate surface area is 219 Å². The zero-order valence-corrected chi connectivity index (χ0v) is 22.6. The number of aryl methyl sites for hydroxylation is 3. The molecule has 0 saturated carbocycles. The standard InChI is InChI=1S/C30H33N5S/c1-19-15-20(2)17-25(16-19)34-21(3)18-26(22(34)4)29-28(27-9-7-8-14-31-27)32-30(36)35(29)24-12-10-23(11-13-24)33(5)6/h7-18,28-29H,1-6H3,(H,32,36)/t28-,29+/m0/s1. The van der Waals surface area contributed by atoms with Crippen LogP contribution in [0, 0.1) is 27.7 Å². The predicted molar refractivity (Wildman–Crippen MR) is 153 cm³/mol. The first-order chi connectivity index (χ1) is 17.2. The Kier molecular flexibility index (Phi) is 6.31. The summed E-state index contributed by atoms with van der Waals surface area (Å²) in [6, 6.07) is 23.6. The Morgan fingerprint density at radius 3 is 2.17 bits per heavy atom. The number of hydrogen-bond donors (Lipinski definition) is 1. The van der Waals surface area contributed by atoms with Gasteiger partial charge < -0.3 is 19.7 Å². The summed E-state index contributed by atoms with van der Waals surface area (Å²) in [7, 11) is 4.11. The molecule has 0 bridgehead atoms. The number of pyridine rings is 1. The van der Waals surface area contributed by atoms with Crippen molar-refractivity contribution in [3.8, 4) is 5.69 Å². The van der Waals surface area contributed by atoms with Crippen molar-refractivity contribution in [2.75, 3.05) is 23.9 Å². The first-order valence-electron chi connectivity index (χ1n) is 12.3.